The standard InChI is InChI=1S/C14H30N2/c1-6-7-8-16(5)14(11-15)10-13(3,4)9-12(14)2/h12H,6-11,15H2,1-5H3. The van der Waals surface area contributed by atoms with Crippen molar-refractivity contribution < 1.29 is 0 Å². The zero-order valence-electron chi connectivity index (χ0n) is 11.8. The van der Waals surface area contributed by atoms with E-state index in [9.17, 15) is 0 Å². The van der Waals surface area contributed by atoms with Gasteiger partial charge in [0, 0.05) is 12.1 Å². The van der Waals surface area contributed by atoms with E-state index >= 15 is 0 Å². The first-order valence-corrected chi connectivity index (χ1v) is 6.79. The summed E-state index contributed by atoms with van der Waals surface area (Å²) in [6, 6.07) is 0. The van der Waals surface area contributed by atoms with Crippen LogP contribution in [0.3, 0.4) is 0 Å². The van der Waals surface area contributed by atoms with E-state index in [2.05, 4.69) is 39.6 Å². The number of hydrogen-bond acceptors (Lipinski definition) is 2. The maximum atomic E-state index is 6.11. The topological polar surface area (TPSA) is 29.3 Å². The molecular formula is C14H30N2. The lowest BCUT2D eigenvalue weighted by Crippen LogP contribution is -2.54. The van der Waals surface area contributed by atoms with Crippen LogP contribution in [0.5, 0.6) is 0 Å². The molecule has 0 saturated heterocycles. The molecule has 0 aromatic carbocycles. The summed E-state index contributed by atoms with van der Waals surface area (Å²) in [4.78, 5) is 2.54. The summed E-state index contributed by atoms with van der Waals surface area (Å²) in [7, 11) is 2.26. The Labute approximate surface area is 102 Å². The minimum Gasteiger partial charge on any atom is -0.329 e. The van der Waals surface area contributed by atoms with E-state index in [0.29, 0.717) is 11.3 Å². The molecule has 1 aliphatic rings. The van der Waals surface area contributed by atoms with Gasteiger partial charge in [-0.3, -0.25) is 4.90 Å². The lowest BCUT2D eigenvalue weighted by molar-refractivity contribution is 0.0844. The van der Waals surface area contributed by atoms with Crippen molar-refractivity contribution in [3.63, 3.8) is 0 Å². The number of nitrogens with two attached hydrogens (primary N) is 1. The third kappa shape index (κ3) is 2.60. The highest BCUT2D eigenvalue weighted by Gasteiger charge is 2.49. The average Bonchev–Trinajstić information content (AvgIpc) is 2.45. The molecule has 1 fully saturated rings. The van der Waals surface area contributed by atoms with Crippen LogP contribution in [0, 0.1) is 11.3 Å². The van der Waals surface area contributed by atoms with Gasteiger partial charge in [-0.2, -0.15) is 0 Å². The number of rotatable bonds is 5. The zero-order chi connectivity index (χ0) is 12.4. The summed E-state index contributed by atoms with van der Waals surface area (Å²) >= 11 is 0. The molecule has 2 N–H and O–H groups in total. The van der Waals surface area contributed by atoms with Gasteiger partial charge in [0.2, 0.25) is 0 Å². The van der Waals surface area contributed by atoms with Crippen molar-refractivity contribution in [1.82, 2.24) is 4.90 Å². The lowest BCUT2D eigenvalue weighted by atomic mass is 9.85. The normalized spacial score (nSPS) is 33.6. The average molecular weight is 226 g/mol. The van der Waals surface area contributed by atoms with Crippen LogP contribution in [0.15, 0.2) is 0 Å². The Bertz CT molecular complexity index is 225. The van der Waals surface area contributed by atoms with Crippen molar-refractivity contribution in [3.8, 4) is 0 Å². The molecule has 0 spiro atoms. The monoisotopic (exact) mass is 226 g/mol. The van der Waals surface area contributed by atoms with Crippen molar-refractivity contribution >= 4 is 0 Å². The highest BCUT2D eigenvalue weighted by molar-refractivity contribution is 5.05. The predicted octanol–water partition coefficient (Wildman–Crippen LogP) is 2.87. The van der Waals surface area contributed by atoms with Crippen LogP contribution in [0.4, 0.5) is 0 Å². The molecule has 1 rings (SSSR count). The molecule has 16 heavy (non-hydrogen) atoms. The van der Waals surface area contributed by atoms with Crippen molar-refractivity contribution in [3.05, 3.63) is 0 Å². The van der Waals surface area contributed by atoms with Gasteiger partial charge in [-0.05, 0) is 44.2 Å². The fourth-order valence-corrected chi connectivity index (χ4v) is 3.65. The Morgan fingerprint density at radius 3 is 2.38 bits per heavy atom. The minimum atomic E-state index is 0.249. The van der Waals surface area contributed by atoms with E-state index in [4.69, 9.17) is 5.73 Å². The molecule has 1 saturated carbocycles. The first-order chi connectivity index (χ1) is 7.38. The van der Waals surface area contributed by atoms with Gasteiger partial charge in [0.1, 0.15) is 0 Å². The molecule has 2 unspecified atom stereocenters. The van der Waals surface area contributed by atoms with Crippen molar-refractivity contribution in [1.29, 1.82) is 0 Å². The quantitative estimate of drug-likeness (QED) is 0.781. The Kier molecular flexibility index (Phi) is 4.42. The van der Waals surface area contributed by atoms with Gasteiger partial charge in [-0.1, -0.05) is 34.1 Å². The summed E-state index contributed by atoms with van der Waals surface area (Å²) < 4.78 is 0. The molecule has 0 bridgehead atoms. The summed E-state index contributed by atoms with van der Waals surface area (Å²) in [5, 5.41) is 0. The molecule has 2 heteroatoms. The highest BCUT2D eigenvalue weighted by Crippen LogP contribution is 2.49. The van der Waals surface area contributed by atoms with Gasteiger partial charge in [0.25, 0.3) is 0 Å². The molecule has 0 aromatic rings. The smallest absolute Gasteiger partial charge is 0.0359 e. The van der Waals surface area contributed by atoms with Crippen molar-refractivity contribution in [2.45, 2.75) is 58.9 Å². The highest BCUT2D eigenvalue weighted by atomic mass is 15.2. The molecular weight excluding hydrogens is 196 g/mol. The van der Waals surface area contributed by atoms with Gasteiger partial charge in [0.15, 0.2) is 0 Å². The van der Waals surface area contributed by atoms with Gasteiger partial charge >= 0.3 is 0 Å². The Morgan fingerprint density at radius 1 is 1.38 bits per heavy atom. The van der Waals surface area contributed by atoms with Gasteiger partial charge in [0.05, 0.1) is 0 Å². The van der Waals surface area contributed by atoms with Crippen molar-refractivity contribution in [2.75, 3.05) is 20.1 Å². The summed E-state index contributed by atoms with van der Waals surface area (Å²) in [6.45, 7) is 11.4. The van der Waals surface area contributed by atoms with Gasteiger partial charge in [-0.25, -0.2) is 0 Å². The largest absolute Gasteiger partial charge is 0.329 e. The molecule has 0 amide bonds. The van der Waals surface area contributed by atoms with E-state index in [0.717, 1.165) is 6.54 Å². The minimum absolute atomic E-state index is 0.249. The Balaban J connectivity index is 2.77. The summed E-state index contributed by atoms with van der Waals surface area (Å²) in [6.07, 6.45) is 5.10. The number of hydrogen-bond donors (Lipinski definition) is 1. The maximum Gasteiger partial charge on any atom is 0.0359 e. The fourth-order valence-electron chi connectivity index (χ4n) is 3.65. The van der Waals surface area contributed by atoms with Gasteiger partial charge in [-0.15, -0.1) is 0 Å². The first kappa shape index (κ1) is 14.0. The summed E-state index contributed by atoms with van der Waals surface area (Å²) in [5.74, 6) is 0.717. The van der Waals surface area contributed by atoms with E-state index in [1.165, 1.54) is 32.2 Å². The van der Waals surface area contributed by atoms with Crippen LogP contribution >= 0.6 is 0 Å². The maximum absolute atomic E-state index is 6.11. The third-order valence-electron chi connectivity index (χ3n) is 4.52. The molecule has 2 atom stereocenters. The third-order valence-corrected chi connectivity index (χ3v) is 4.52. The SMILES string of the molecule is CCCCN(C)C1(CN)CC(C)(C)CC1C. The van der Waals surface area contributed by atoms with Crippen LogP contribution in [0.2, 0.25) is 0 Å². The summed E-state index contributed by atoms with van der Waals surface area (Å²) in [5.41, 5.74) is 6.82. The van der Waals surface area contributed by atoms with Crippen LogP contribution < -0.4 is 5.73 Å². The van der Waals surface area contributed by atoms with Gasteiger partial charge < -0.3 is 5.73 Å². The first-order valence-electron chi connectivity index (χ1n) is 6.79. The van der Waals surface area contributed by atoms with Crippen LogP contribution in [-0.2, 0) is 0 Å². The number of nitrogens with zero attached hydrogens (tertiary/aromatic N) is 1. The van der Waals surface area contributed by atoms with E-state index in [1.54, 1.807) is 0 Å². The molecule has 0 aliphatic heterocycles. The van der Waals surface area contributed by atoms with Crippen LogP contribution in [0.25, 0.3) is 0 Å². The van der Waals surface area contributed by atoms with Crippen LogP contribution in [-0.4, -0.2) is 30.6 Å². The molecule has 0 aromatic heterocycles. The Hall–Kier alpha value is -0.0800. The number of likely N-dealkylation sites (N-methyl/N-ethyl adjacent to an activating group) is 1. The zero-order valence-corrected chi connectivity index (χ0v) is 11.8. The fraction of sp³-hybridized carbons (Fsp3) is 1.00. The van der Waals surface area contributed by atoms with E-state index < -0.39 is 0 Å². The lowest BCUT2D eigenvalue weighted by Gasteiger charge is -2.42. The van der Waals surface area contributed by atoms with Crippen LogP contribution in [0.1, 0.15) is 53.4 Å². The molecule has 0 heterocycles. The number of unbranched alkanes of at least 4 members (excludes halogenated alkanes) is 1. The van der Waals surface area contributed by atoms with E-state index in [-0.39, 0.29) is 5.54 Å². The predicted molar refractivity (Wildman–Crippen MR) is 71.5 cm³/mol. The molecule has 1 aliphatic carbocycles. The molecule has 96 valence electrons. The van der Waals surface area contributed by atoms with Crippen molar-refractivity contribution in [2.24, 2.45) is 17.1 Å². The second kappa shape index (κ2) is 5.05. The molecule has 0 radical (unpaired) electrons. The molecule has 2 nitrogen and oxygen atoms in total. The second-order valence-electron chi connectivity index (χ2n) is 6.53. The second-order valence-corrected chi connectivity index (χ2v) is 6.53. The Morgan fingerprint density at radius 2 is 2.00 bits per heavy atom. The van der Waals surface area contributed by atoms with E-state index in [1.807, 2.05) is 0 Å².